The zero-order valence-electron chi connectivity index (χ0n) is 9.75. The van der Waals surface area contributed by atoms with E-state index in [-0.39, 0.29) is 19.1 Å². The average Bonchev–Trinajstić information content (AvgIpc) is 2.64. The molecule has 0 bridgehead atoms. The van der Waals surface area contributed by atoms with Crippen molar-refractivity contribution < 1.29 is 14.6 Å². The molecule has 0 spiro atoms. The van der Waals surface area contributed by atoms with Gasteiger partial charge in [-0.15, -0.1) is 0 Å². The van der Waals surface area contributed by atoms with E-state index < -0.39 is 6.10 Å². The van der Waals surface area contributed by atoms with Crippen molar-refractivity contribution in [1.82, 2.24) is 14.7 Å². The van der Waals surface area contributed by atoms with Gasteiger partial charge in [-0.3, -0.25) is 9.48 Å². The molecule has 1 N–H and O–H groups in total. The summed E-state index contributed by atoms with van der Waals surface area (Å²) in [6.45, 7) is 0.451. The van der Waals surface area contributed by atoms with Gasteiger partial charge in [0.15, 0.2) is 0 Å². The van der Waals surface area contributed by atoms with Crippen molar-refractivity contribution >= 4 is 5.91 Å². The minimum absolute atomic E-state index is 0.164. The van der Waals surface area contributed by atoms with Crippen molar-refractivity contribution in [1.29, 1.82) is 0 Å². The van der Waals surface area contributed by atoms with Crippen molar-refractivity contribution in [3.63, 3.8) is 0 Å². The van der Waals surface area contributed by atoms with Gasteiger partial charge in [0.05, 0.1) is 24.5 Å². The number of likely N-dealkylation sites (N-methyl/N-ethyl adjacent to an activating group) is 1. The van der Waals surface area contributed by atoms with Crippen LogP contribution < -0.4 is 0 Å². The van der Waals surface area contributed by atoms with Crippen LogP contribution in [0.1, 0.15) is 10.4 Å². The first-order valence-corrected chi connectivity index (χ1v) is 4.95. The molecule has 0 fully saturated rings. The van der Waals surface area contributed by atoms with Gasteiger partial charge in [0.2, 0.25) is 0 Å². The summed E-state index contributed by atoms with van der Waals surface area (Å²) in [4.78, 5) is 13.3. The number of hydrogen-bond donors (Lipinski definition) is 1. The molecule has 1 atom stereocenters. The molecule has 0 aliphatic carbocycles. The number of carbonyl (C=O) groups is 1. The van der Waals surface area contributed by atoms with E-state index in [1.807, 2.05) is 0 Å². The Labute approximate surface area is 94.4 Å². The van der Waals surface area contributed by atoms with Crippen LogP contribution in [0.4, 0.5) is 0 Å². The summed E-state index contributed by atoms with van der Waals surface area (Å²) in [6, 6.07) is 0. The summed E-state index contributed by atoms with van der Waals surface area (Å²) < 4.78 is 6.35. The normalized spacial score (nSPS) is 12.5. The number of aromatic nitrogens is 2. The average molecular weight is 227 g/mol. The molecule has 1 rings (SSSR count). The van der Waals surface area contributed by atoms with Gasteiger partial charge < -0.3 is 14.7 Å². The minimum atomic E-state index is -0.671. The molecule has 0 aromatic carbocycles. The lowest BCUT2D eigenvalue weighted by Gasteiger charge is -2.19. The fourth-order valence-corrected chi connectivity index (χ4v) is 1.40. The van der Waals surface area contributed by atoms with Gasteiger partial charge in [-0.25, -0.2) is 0 Å². The lowest BCUT2D eigenvalue weighted by atomic mass is 10.3. The standard InChI is InChI=1S/C10H17N3O3/c1-12(6-9(14)7-16-3)10(15)8-4-11-13(2)5-8/h4-5,9,14H,6-7H2,1-3H3. The maximum Gasteiger partial charge on any atom is 0.256 e. The first kappa shape index (κ1) is 12.7. The number of amides is 1. The summed E-state index contributed by atoms with van der Waals surface area (Å²) in [5, 5.41) is 13.4. The van der Waals surface area contributed by atoms with Gasteiger partial charge in [0.1, 0.15) is 0 Å². The van der Waals surface area contributed by atoms with Crippen LogP contribution >= 0.6 is 0 Å². The summed E-state index contributed by atoms with van der Waals surface area (Å²) in [6.07, 6.45) is 2.47. The third-order valence-corrected chi connectivity index (χ3v) is 2.14. The quantitative estimate of drug-likeness (QED) is 0.736. The van der Waals surface area contributed by atoms with Gasteiger partial charge in [-0.1, -0.05) is 0 Å². The topological polar surface area (TPSA) is 67.6 Å². The zero-order chi connectivity index (χ0) is 12.1. The SMILES string of the molecule is COCC(O)CN(C)C(=O)c1cnn(C)c1. The highest BCUT2D eigenvalue weighted by Crippen LogP contribution is 2.02. The van der Waals surface area contributed by atoms with Gasteiger partial charge in [0.25, 0.3) is 5.91 Å². The zero-order valence-corrected chi connectivity index (χ0v) is 9.75. The van der Waals surface area contributed by atoms with Gasteiger partial charge >= 0.3 is 0 Å². The minimum Gasteiger partial charge on any atom is -0.389 e. The van der Waals surface area contributed by atoms with E-state index in [9.17, 15) is 9.90 Å². The highest BCUT2D eigenvalue weighted by atomic mass is 16.5. The van der Waals surface area contributed by atoms with E-state index >= 15 is 0 Å². The van der Waals surface area contributed by atoms with Crippen LogP contribution in [-0.2, 0) is 11.8 Å². The van der Waals surface area contributed by atoms with E-state index in [1.165, 1.54) is 18.2 Å². The Hall–Kier alpha value is -1.40. The van der Waals surface area contributed by atoms with Crippen LogP contribution in [-0.4, -0.2) is 59.1 Å². The molecule has 1 aromatic heterocycles. The molecular weight excluding hydrogens is 210 g/mol. The predicted molar refractivity (Wildman–Crippen MR) is 58.1 cm³/mol. The Bertz CT molecular complexity index is 351. The Balaban J connectivity index is 2.54. The van der Waals surface area contributed by atoms with Crippen molar-refractivity contribution in [3.05, 3.63) is 18.0 Å². The molecule has 0 saturated carbocycles. The molecule has 6 heteroatoms. The number of rotatable bonds is 5. The Kier molecular flexibility index (Phi) is 4.45. The smallest absolute Gasteiger partial charge is 0.256 e. The van der Waals surface area contributed by atoms with Crippen LogP contribution in [0.3, 0.4) is 0 Å². The number of ether oxygens (including phenoxy) is 1. The lowest BCUT2D eigenvalue weighted by Crippen LogP contribution is -2.36. The van der Waals surface area contributed by atoms with Crippen LogP contribution in [0.5, 0.6) is 0 Å². The van der Waals surface area contributed by atoms with Crippen LogP contribution in [0.15, 0.2) is 12.4 Å². The number of hydrogen-bond acceptors (Lipinski definition) is 4. The molecular formula is C10H17N3O3. The van der Waals surface area contributed by atoms with Crippen molar-refractivity contribution in [3.8, 4) is 0 Å². The molecule has 1 heterocycles. The number of aliphatic hydroxyl groups is 1. The summed E-state index contributed by atoms with van der Waals surface area (Å²) in [5.74, 6) is -0.164. The second-order valence-electron chi connectivity index (χ2n) is 3.70. The molecule has 6 nitrogen and oxygen atoms in total. The molecule has 16 heavy (non-hydrogen) atoms. The predicted octanol–water partition coefficient (Wildman–Crippen LogP) is -0.501. The van der Waals surface area contributed by atoms with Crippen molar-refractivity contribution in [2.75, 3.05) is 27.3 Å². The number of aryl methyl sites for hydroxylation is 1. The van der Waals surface area contributed by atoms with Crippen LogP contribution in [0.2, 0.25) is 0 Å². The number of carbonyl (C=O) groups excluding carboxylic acids is 1. The highest BCUT2D eigenvalue weighted by molar-refractivity contribution is 5.93. The van der Waals surface area contributed by atoms with Gasteiger partial charge in [-0.2, -0.15) is 5.10 Å². The molecule has 90 valence electrons. The summed E-state index contributed by atoms with van der Waals surface area (Å²) in [7, 11) is 4.89. The maximum atomic E-state index is 11.8. The Morgan fingerprint density at radius 1 is 1.75 bits per heavy atom. The number of methoxy groups -OCH3 is 1. The van der Waals surface area contributed by atoms with E-state index in [4.69, 9.17) is 4.74 Å². The van der Waals surface area contributed by atoms with E-state index in [1.54, 1.807) is 25.0 Å². The molecule has 0 aliphatic rings. The third kappa shape index (κ3) is 3.32. The van der Waals surface area contributed by atoms with Gasteiger partial charge in [-0.05, 0) is 0 Å². The maximum absolute atomic E-state index is 11.8. The molecule has 0 aliphatic heterocycles. The first-order chi connectivity index (χ1) is 7.54. The summed E-state index contributed by atoms with van der Waals surface area (Å²) in [5.41, 5.74) is 0.509. The molecule has 1 amide bonds. The second-order valence-corrected chi connectivity index (χ2v) is 3.70. The largest absolute Gasteiger partial charge is 0.389 e. The fraction of sp³-hybridized carbons (Fsp3) is 0.600. The van der Waals surface area contributed by atoms with E-state index in [0.29, 0.717) is 5.56 Å². The van der Waals surface area contributed by atoms with E-state index in [2.05, 4.69) is 5.10 Å². The number of aliphatic hydroxyl groups excluding tert-OH is 1. The third-order valence-electron chi connectivity index (χ3n) is 2.14. The molecule has 1 aromatic rings. The van der Waals surface area contributed by atoms with Crippen LogP contribution in [0.25, 0.3) is 0 Å². The Morgan fingerprint density at radius 2 is 2.44 bits per heavy atom. The van der Waals surface area contributed by atoms with E-state index in [0.717, 1.165) is 0 Å². The number of nitrogens with zero attached hydrogens (tertiary/aromatic N) is 3. The fourth-order valence-electron chi connectivity index (χ4n) is 1.40. The highest BCUT2D eigenvalue weighted by Gasteiger charge is 2.16. The Morgan fingerprint density at radius 3 is 2.94 bits per heavy atom. The van der Waals surface area contributed by atoms with Crippen molar-refractivity contribution in [2.45, 2.75) is 6.10 Å². The second kappa shape index (κ2) is 5.62. The first-order valence-electron chi connectivity index (χ1n) is 4.95. The van der Waals surface area contributed by atoms with Crippen LogP contribution in [0, 0.1) is 0 Å². The molecule has 1 unspecified atom stereocenters. The summed E-state index contributed by atoms with van der Waals surface area (Å²) >= 11 is 0. The monoisotopic (exact) mass is 227 g/mol. The molecule has 0 saturated heterocycles. The van der Waals surface area contributed by atoms with Gasteiger partial charge in [0, 0.05) is 33.9 Å². The van der Waals surface area contributed by atoms with Crippen molar-refractivity contribution in [2.24, 2.45) is 7.05 Å². The lowest BCUT2D eigenvalue weighted by molar-refractivity contribution is 0.0380. The molecule has 0 radical (unpaired) electrons.